The number of nitrogens with one attached hydrogen (secondary N) is 1. The Morgan fingerprint density at radius 3 is 2.48 bits per heavy atom. The highest BCUT2D eigenvalue weighted by atomic mass is 16.4. The molecule has 8 nitrogen and oxygen atoms in total. The second-order valence-corrected chi connectivity index (χ2v) is 6.18. The lowest BCUT2D eigenvalue weighted by molar-refractivity contribution is -0.143. The number of aliphatic carboxylic acids is 1. The third-order valence-electron chi connectivity index (χ3n) is 3.80. The van der Waals surface area contributed by atoms with Crippen LogP contribution in [0, 0.1) is 5.92 Å². The highest BCUT2D eigenvalue weighted by Crippen LogP contribution is 2.19. The lowest BCUT2D eigenvalue weighted by Crippen LogP contribution is -2.45. The summed E-state index contributed by atoms with van der Waals surface area (Å²) >= 11 is 0. The molecular formula is C17H23N5O3. The maximum Gasteiger partial charge on any atom is 0.326 e. The van der Waals surface area contributed by atoms with E-state index in [1.807, 2.05) is 51.1 Å². The molecule has 0 saturated heterocycles. The number of tetrazole rings is 1. The number of hydrogen-bond donors (Lipinski definition) is 2. The molecule has 0 spiro atoms. The molecule has 134 valence electrons. The minimum absolute atomic E-state index is 0.131. The Morgan fingerprint density at radius 1 is 1.24 bits per heavy atom. The topological polar surface area (TPSA) is 110 Å². The first kappa shape index (κ1) is 18.6. The maximum atomic E-state index is 12.6. The number of aromatic nitrogens is 4. The van der Waals surface area contributed by atoms with Crippen molar-refractivity contribution in [1.29, 1.82) is 0 Å². The van der Waals surface area contributed by atoms with E-state index in [1.165, 1.54) is 4.80 Å². The number of benzene rings is 1. The van der Waals surface area contributed by atoms with Gasteiger partial charge in [0.25, 0.3) is 0 Å². The second-order valence-electron chi connectivity index (χ2n) is 6.18. The zero-order valence-corrected chi connectivity index (χ0v) is 14.6. The standard InChI is InChI=1S/C17H23N5O3/c1-4-8-13(17(24)25)18-16(23)14(11(2)3)22-20-15(19-21-22)12-9-6-5-7-10-12/h5-7,9-11,13-14H,4,8H2,1-3H3,(H,18,23)(H,24,25). The van der Waals surface area contributed by atoms with Crippen LogP contribution < -0.4 is 5.32 Å². The minimum atomic E-state index is -1.05. The van der Waals surface area contributed by atoms with Gasteiger partial charge in [0.2, 0.25) is 11.7 Å². The Bertz CT molecular complexity index is 714. The third kappa shape index (κ3) is 4.62. The molecule has 0 aliphatic rings. The van der Waals surface area contributed by atoms with Crippen molar-refractivity contribution in [2.45, 2.75) is 45.7 Å². The third-order valence-corrected chi connectivity index (χ3v) is 3.80. The van der Waals surface area contributed by atoms with E-state index in [-0.39, 0.29) is 5.92 Å². The van der Waals surface area contributed by atoms with Gasteiger partial charge in [-0.2, -0.15) is 4.80 Å². The van der Waals surface area contributed by atoms with Gasteiger partial charge in [-0.15, -0.1) is 10.2 Å². The van der Waals surface area contributed by atoms with Crippen molar-refractivity contribution in [2.24, 2.45) is 5.92 Å². The molecule has 0 fully saturated rings. The average Bonchev–Trinajstić information content (AvgIpc) is 3.04. The summed E-state index contributed by atoms with van der Waals surface area (Å²) in [5, 5.41) is 24.1. The fourth-order valence-corrected chi connectivity index (χ4v) is 2.52. The molecule has 2 aromatic rings. The molecule has 2 atom stereocenters. The van der Waals surface area contributed by atoms with Crippen LogP contribution in [0.3, 0.4) is 0 Å². The summed E-state index contributed by atoms with van der Waals surface area (Å²) in [7, 11) is 0. The van der Waals surface area contributed by atoms with Crippen LogP contribution in [0.1, 0.15) is 39.7 Å². The molecule has 1 amide bonds. The monoisotopic (exact) mass is 345 g/mol. The molecule has 2 N–H and O–H groups in total. The van der Waals surface area contributed by atoms with Crippen LogP contribution in [0.15, 0.2) is 30.3 Å². The van der Waals surface area contributed by atoms with E-state index in [1.54, 1.807) is 0 Å². The average molecular weight is 345 g/mol. The van der Waals surface area contributed by atoms with Gasteiger partial charge in [0.15, 0.2) is 6.04 Å². The molecular weight excluding hydrogens is 322 g/mol. The van der Waals surface area contributed by atoms with E-state index in [2.05, 4.69) is 20.7 Å². The number of carbonyl (C=O) groups is 2. The lowest BCUT2D eigenvalue weighted by Gasteiger charge is -2.21. The van der Waals surface area contributed by atoms with Crippen LogP contribution in [0.5, 0.6) is 0 Å². The van der Waals surface area contributed by atoms with Crippen LogP contribution in [0.25, 0.3) is 11.4 Å². The molecule has 0 bridgehead atoms. The zero-order valence-electron chi connectivity index (χ0n) is 14.6. The van der Waals surface area contributed by atoms with E-state index >= 15 is 0 Å². The molecule has 0 aliphatic heterocycles. The van der Waals surface area contributed by atoms with Crippen molar-refractivity contribution in [2.75, 3.05) is 0 Å². The fraction of sp³-hybridized carbons (Fsp3) is 0.471. The Hall–Kier alpha value is -2.77. The Morgan fingerprint density at radius 2 is 1.92 bits per heavy atom. The molecule has 8 heteroatoms. The van der Waals surface area contributed by atoms with E-state index in [0.29, 0.717) is 18.7 Å². The summed E-state index contributed by atoms with van der Waals surface area (Å²) in [5.41, 5.74) is 0.797. The van der Waals surface area contributed by atoms with Gasteiger partial charge in [-0.1, -0.05) is 57.5 Å². The van der Waals surface area contributed by atoms with Gasteiger partial charge >= 0.3 is 5.97 Å². The second kappa shape index (κ2) is 8.36. The van der Waals surface area contributed by atoms with Crippen LogP contribution in [0.2, 0.25) is 0 Å². The Balaban J connectivity index is 2.22. The van der Waals surface area contributed by atoms with Gasteiger partial charge in [-0.05, 0) is 17.6 Å². The summed E-state index contributed by atoms with van der Waals surface area (Å²) in [6.45, 7) is 5.57. The van der Waals surface area contributed by atoms with Crippen molar-refractivity contribution in [3.8, 4) is 11.4 Å². The molecule has 0 aliphatic carbocycles. The highest BCUT2D eigenvalue weighted by Gasteiger charge is 2.30. The number of carboxylic acids is 1. The Labute approximate surface area is 146 Å². The molecule has 2 unspecified atom stereocenters. The van der Waals surface area contributed by atoms with Crippen molar-refractivity contribution in [3.05, 3.63) is 30.3 Å². The number of rotatable bonds is 8. The number of amides is 1. The molecule has 1 heterocycles. The molecule has 0 radical (unpaired) electrons. The quantitative estimate of drug-likeness (QED) is 0.756. The molecule has 1 aromatic carbocycles. The molecule has 2 rings (SSSR count). The number of carboxylic acid groups (broad SMARTS) is 1. The SMILES string of the molecule is CCCC(NC(=O)C(C(C)C)n1nnc(-c2ccccc2)n1)C(=O)O. The first-order valence-electron chi connectivity index (χ1n) is 8.32. The number of nitrogens with zero attached hydrogens (tertiary/aromatic N) is 4. The number of hydrogen-bond acceptors (Lipinski definition) is 5. The normalized spacial score (nSPS) is 13.4. The maximum absolute atomic E-state index is 12.6. The smallest absolute Gasteiger partial charge is 0.326 e. The lowest BCUT2D eigenvalue weighted by atomic mass is 10.0. The van der Waals surface area contributed by atoms with Gasteiger partial charge in [0.05, 0.1) is 0 Å². The van der Waals surface area contributed by atoms with Gasteiger partial charge < -0.3 is 10.4 Å². The predicted molar refractivity (Wildman–Crippen MR) is 91.6 cm³/mol. The van der Waals surface area contributed by atoms with E-state index < -0.39 is 24.0 Å². The predicted octanol–water partition coefficient (Wildman–Crippen LogP) is 1.91. The summed E-state index contributed by atoms with van der Waals surface area (Å²) in [6.07, 6.45) is 1.02. The first-order chi connectivity index (χ1) is 11.9. The largest absolute Gasteiger partial charge is 0.480 e. The van der Waals surface area contributed by atoms with Crippen molar-refractivity contribution in [3.63, 3.8) is 0 Å². The van der Waals surface area contributed by atoms with Crippen molar-refractivity contribution < 1.29 is 14.7 Å². The zero-order chi connectivity index (χ0) is 18.4. The first-order valence-corrected chi connectivity index (χ1v) is 8.32. The van der Waals surface area contributed by atoms with Crippen LogP contribution in [-0.4, -0.2) is 43.2 Å². The number of carbonyl (C=O) groups excluding carboxylic acids is 1. The Kier molecular flexibility index (Phi) is 6.21. The van der Waals surface area contributed by atoms with Gasteiger partial charge in [0.1, 0.15) is 6.04 Å². The minimum Gasteiger partial charge on any atom is -0.480 e. The van der Waals surface area contributed by atoms with E-state index in [4.69, 9.17) is 0 Å². The molecule has 25 heavy (non-hydrogen) atoms. The van der Waals surface area contributed by atoms with Gasteiger partial charge in [-0.25, -0.2) is 4.79 Å². The molecule has 0 saturated carbocycles. The van der Waals surface area contributed by atoms with E-state index in [9.17, 15) is 14.7 Å². The van der Waals surface area contributed by atoms with E-state index in [0.717, 1.165) is 5.56 Å². The molecule has 1 aromatic heterocycles. The summed E-state index contributed by atoms with van der Waals surface area (Å²) in [6, 6.07) is 7.68. The van der Waals surface area contributed by atoms with Gasteiger partial charge in [-0.3, -0.25) is 4.79 Å². The van der Waals surface area contributed by atoms with Crippen molar-refractivity contribution in [1.82, 2.24) is 25.5 Å². The van der Waals surface area contributed by atoms with Crippen LogP contribution in [-0.2, 0) is 9.59 Å². The summed E-state index contributed by atoms with van der Waals surface area (Å²) < 4.78 is 0. The summed E-state index contributed by atoms with van der Waals surface area (Å²) in [5.74, 6) is -1.18. The van der Waals surface area contributed by atoms with Crippen LogP contribution in [0.4, 0.5) is 0 Å². The summed E-state index contributed by atoms with van der Waals surface area (Å²) in [4.78, 5) is 25.2. The van der Waals surface area contributed by atoms with Gasteiger partial charge in [0, 0.05) is 5.56 Å². The highest BCUT2D eigenvalue weighted by molar-refractivity contribution is 5.86. The van der Waals surface area contributed by atoms with Crippen LogP contribution >= 0.6 is 0 Å². The fourth-order valence-electron chi connectivity index (χ4n) is 2.52. The van der Waals surface area contributed by atoms with Crippen molar-refractivity contribution >= 4 is 11.9 Å².